The Bertz CT molecular complexity index is 732. The fraction of sp³-hybridized carbons (Fsp3) is 0.167. The van der Waals surface area contributed by atoms with Gasteiger partial charge in [0, 0.05) is 24.3 Å². The molecule has 1 aromatic carbocycles. The minimum atomic E-state index is -5.06. The van der Waals surface area contributed by atoms with E-state index in [-0.39, 0.29) is 11.8 Å². The van der Waals surface area contributed by atoms with Gasteiger partial charge >= 0.3 is 16.5 Å². The summed E-state index contributed by atoms with van der Waals surface area (Å²) in [6.45, 7) is 0.366. The van der Waals surface area contributed by atoms with Gasteiger partial charge in [-0.25, -0.2) is 9.78 Å². The molecule has 1 N–H and O–H groups in total. The summed E-state index contributed by atoms with van der Waals surface area (Å²) in [7, 11) is -3.44. The number of nitrogens with one attached hydrogen (secondary N) is 1. The molecule has 1 aromatic heterocycles. The second kappa shape index (κ2) is 6.71. The van der Waals surface area contributed by atoms with Crippen LogP contribution < -0.4 is 9.50 Å². The van der Waals surface area contributed by atoms with Crippen molar-refractivity contribution in [3.63, 3.8) is 0 Å². The standard InChI is InChI=1S/C12H12FN3O4S2/c1-16(8-11-14-6-7-21-11)12(17)15-9-2-4-10(5-3-9)20-22(13,18)19/h2-7H,8H2,1H3,(H,15,17). The summed E-state index contributed by atoms with van der Waals surface area (Å²) in [6, 6.07) is 4.90. The maximum absolute atomic E-state index is 12.3. The van der Waals surface area contributed by atoms with Crippen LogP contribution in [0.5, 0.6) is 5.75 Å². The molecule has 2 rings (SSSR count). The lowest BCUT2D eigenvalue weighted by atomic mass is 10.3. The van der Waals surface area contributed by atoms with Gasteiger partial charge in [0.2, 0.25) is 0 Å². The van der Waals surface area contributed by atoms with Crippen LogP contribution in [0.2, 0.25) is 0 Å². The number of nitrogens with zero attached hydrogens (tertiary/aromatic N) is 2. The zero-order valence-corrected chi connectivity index (χ0v) is 13.0. The van der Waals surface area contributed by atoms with Crippen LogP contribution in [0.1, 0.15) is 5.01 Å². The lowest BCUT2D eigenvalue weighted by Crippen LogP contribution is -2.30. The quantitative estimate of drug-likeness (QED) is 0.841. The van der Waals surface area contributed by atoms with E-state index in [4.69, 9.17) is 0 Å². The lowest BCUT2D eigenvalue weighted by Gasteiger charge is -2.16. The van der Waals surface area contributed by atoms with Gasteiger partial charge in [-0.2, -0.15) is 8.42 Å². The molecule has 0 saturated carbocycles. The van der Waals surface area contributed by atoms with Gasteiger partial charge in [0.1, 0.15) is 10.8 Å². The van der Waals surface area contributed by atoms with Crippen LogP contribution in [-0.2, 0) is 17.0 Å². The Kier molecular flexibility index (Phi) is 4.93. The SMILES string of the molecule is CN(Cc1nccs1)C(=O)Nc1ccc(OS(=O)(=O)F)cc1. The first-order valence-electron chi connectivity index (χ1n) is 5.98. The summed E-state index contributed by atoms with van der Waals surface area (Å²) in [5, 5.41) is 5.23. The Balaban J connectivity index is 1.94. The summed E-state index contributed by atoms with van der Waals surface area (Å²) in [5.41, 5.74) is 0.416. The molecule has 0 fully saturated rings. The van der Waals surface area contributed by atoms with Crippen molar-refractivity contribution in [1.29, 1.82) is 0 Å². The van der Waals surface area contributed by atoms with Crippen LogP contribution in [0.3, 0.4) is 0 Å². The zero-order chi connectivity index (χ0) is 16.2. The average Bonchev–Trinajstić information content (AvgIpc) is 2.92. The molecule has 22 heavy (non-hydrogen) atoms. The lowest BCUT2D eigenvalue weighted by molar-refractivity contribution is 0.220. The molecule has 0 aliphatic carbocycles. The molecule has 118 valence electrons. The van der Waals surface area contributed by atoms with Gasteiger partial charge < -0.3 is 14.4 Å². The van der Waals surface area contributed by atoms with E-state index in [0.29, 0.717) is 12.2 Å². The van der Waals surface area contributed by atoms with Gasteiger partial charge in [-0.3, -0.25) is 0 Å². The number of aromatic nitrogens is 1. The summed E-state index contributed by atoms with van der Waals surface area (Å²) in [5.74, 6) is -0.184. The van der Waals surface area contributed by atoms with Crippen LogP contribution in [0.15, 0.2) is 35.8 Å². The number of thiazole rings is 1. The Hall–Kier alpha value is -2.20. The highest BCUT2D eigenvalue weighted by Crippen LogP contribution is 2.18. The number of hydrogen-bond donors (Lipinski definition) is 1. The molecule has 0 bridgehead atoms. The molecule has 10 heteroatoms. The second-order valence-corrected chi connectivity index (χ2v) is 6.14. The Morgan fingerprint density at radius 3 is 2.64 bits per heavy atom. The topological polar surface area (TPSA) is 88.6 Å². The van der Waals surface area contributed by atoms with Crippen molar-refractivity contribution in [3.8, 4) is 5.75 Å². The molecule has 0 aliphatic rings. The predicted octanol–water partition coefficient (Wildman–Crippen LogP) is 2.40. The normalized spacial score (nSPS) is 11.0. The van der Waals surface area contributed by atoms with E-state index < -0.39 is 10.5 Å². The highest BCUT2D eigenvalue weighted by Gasteiger charge is 2.12. The van der Waals surface area contributed by atoms with Gasteiger partial charge in [0.15, 0.2) is 0 Å². The van der Waals surface area contributed by atoms with Gasteiger partial charge in [-0.1, -0.05) is 3.89 Å². The van der Waals surface area contributed by atoms with E-state index in [1.54, 1.807) is 13.2 Å². The number of halogens is 1. The number of amides is 2. The largest absolute Gasteiger partial charge is 0.488 e. The van der Waals surface area contributed by atoms with Crippen molar-refractivity contribution in [1.82, 2.24) is 9.88 Å². The molecule has 0 atom stereocenters. The fourth-order valence-electron chi connectivity index (χ4n) is 1.53. The first-order chi connectivity index (χ1) is 10.3. The van der Waals surface area contributed by atoms with Crippen LogP contribution in [0.25, 0.3) is 0 Å². The third-order valence-corrected chi connectivity index (χ3v) is 3.66. The number of carbonyl (C=O) groups is 1. The first-order valence-corrected chi connectivity index (χ1v) is 8.17. The maximum atomic E-state index is 12.3. The van der Waals surface area contributed by atoms with Gasteiger partial charge in [0.25, 0.3) is 0 Å². The van der Waals surface area contributed by atoms with Crippen LogP contribution in [-0.4, -0.2) is 31.4 Å². The van der Waals surface area contributed by atoms with Gasteiger partial charge in [0.05, 0.1) is 6.54 Å². The van der Waals surface area contributed by atoms with Crippen molar-refractivity contribution < 1.29 is 21.3 Å². The van der Waals surface area contributed by atoms with Crippen molar-refractivity contribution in [2.75, 3.05) is 12.4 Å². The molecule has 0 radical (unpaired) electrons. The Labute approximate surface area is 130 Å². The Morgan fingerprint density at radius 1 is 1.41 bits per heavy atom. The first kappa shape index (κ1) is 16.2. The molecular formula is C12H12FN3O4S2. The molecule has 0 saturated heterocycles. The molecule has 2 aromatic rings. The second-order valence-electron chi connectivity index (χ2n) is 4.21. The van der Waals surface area contributed by atoms with E-state index in [1.165, 1.54) is 40.5 Å². The monoisotopic (exact) mass is 345 g/mol. The minimum absolute atomic E-state index is 0.184. The van der Waals surface area contributed by atoms with Crippen molar-refractivity contribution in [3.05, 3.63) is 40.8 Å². The maximum Gasteiger partial charge on any atom is 0.488 e. The molecule has 0 unspecified atom stereocenters. The average molecular weight is 345 g/mol. The van der Waals surface area contributed by atoms with Crippen LogP contribution >= 0.6 is 11.3 Å². The van der Waals surface area contributed by atoms with Crippen molar-refractivity contribution in [2.45, 2.75) is 6.54 Å². The van der Waals surface area contributed by atoms with Crippen molar-refractivity contribution in [2.24, 2.45) is 0 Å². The number of carbonyl (C=O) groups excluding carboxylic acids is 1. The number of hydrogen-bond acceptors (Lipinski definition) is 6. The fourth-order valence-corrected chi connectivity index (χ4v) is 2.54. The van der Waals surface area contributed by atoms with E-state index in [2.05, 4.69) is 14.5 Å². The Morgan fingerprint density at radius 2 is 2.09 bits per heavy atom. The van der Waals surface area contributed by atoms with E-state index in [0.717, 1.165) is 5.01 Å². The molecule has 0 spiro atoms. The molecule has 7 nitrogen and oxygen atoms in total. The number of rotatable bonds is 5. The summed E-state index contributed by atoms with van der Waals surface area (Å²) in [4.78, 5) is 17.5. The number of anilines is 1. The van der Waals surface area contributed by atoms with Gasteiger partial charge in [-0.05, 0) is 24.3 Å². The molecule has 1 heterocycles. The molecule has 0 aliphatic heterocycles. The zero-order valence-electron chi connectivity index (χ0n) is 11.4. The predicted molar refractivity (Wildman–Crippen MR) is 79.7 cm³/mol. The molecule has 2 amide bonds. The third-order valence-electron chi connectivity index (χ3n) is 2.50. The third kappa shape index (κ3) is 4.97. The number of benzene rings is 1. The van der Waals surface area contributed by atoms with E-state index in [9.17, 15) is 17.1 Å². The molecular weight excluding hydrogens is 333 g/mol. The number of urea groups is 1. The summed E-state index contributed by atoms with van der Waals surface area (Å²) in [6.07, 6.45) is 1.66. The summed E-state index contributed by atoms with van der Waals surface area (Å²) >= 11 is 1.44. The summed E-state index contributed by atoms with van der Waals surface area (Å²) < 4.78 is 37.1. The smallest absolute Gasteiger partial charge is 0.358 e. The van der Waals surface area contributed by atoms with Crippen LogP contribution in [0.4, 0.5) is 14.4 Å². The van der Waals surface area contributed by atoms with E-state index >= 15 is 0 Å². The van der Waals surface area contributed by atoms with Gasteiger partial charge in [-0.15, -0.1) is 11.3 Å². The minimum Gasteiger partial charge on any atom is -0.358 e. The highest BCUT2D eigenvalue weighted by molar-refractivity contribution is 7.81. The van der Waals surface area contributed by atoms with E-state index in [1.807, 2.05) is 5.38 Å². The highest BCUT2D eigenvalue weighted by atomic mass is 32.3. The van der Waals surface area contributed by atoms with Crippen molar-refractivity contribution >= 4 is 33.6 Å². The van der Waals surface area contributed by atoms with Crippen LogP contribution in [0, 0.1) is 0 Å².